The molecule has 0 saturated carbocycles. The lowest BCUT2D eigenvalue weighted by atomic mass is 10.1. The van der Waals surface area contributed by atoms with Crippen molar-refractivity contribution in [2.45, 2.75) is 18.9 Å². The van der Waals surface area contributed by atoms with Crippen LogP contribution in [0.3, 0.4) is 0 Å². The number of nitrogens with zero attached hydrogens (tertiary/aromatic N) is 1. The number of ether oxygens (including phenoxy) is 1. The Hall–Kier alpha value is -3.35. The van der Waals surface area contributed by atoms with E-state index in [1.54, 1.807) is 31.4 Å². The van der Waals surface area contributed by atoms with Gasteiger partial charge in [0.25, 0.3) is 0 Å². The molecule has 0 aromatic heterocycles. The summed E-state index contributed by atoms with van der Waals surface area (Å²) >= 11 is 0. The first-order valence-corrected chi connectivity index (χ1v) is 8.74. The lowest BCUT2D eigenvalue weighted by molar-refractivity contribution is -0.127. The van der Waals surface area contributed by atoms with E-state index >= 15 is 0 Å². The number of methoxy groups -OCH3 is 1. The summed E-state index contributed by atoms with van der Waals surface area (Å²) in [6, 6.07) is 16.3. The van der Waals surface area contributed by atoms with Crippen LogP contribution < -0.4 is 20.7 Å². The highest BCUT2D eigenvalue weighted by atomic mass is 16.5. The van der Waals surface area contributed by atoms with Crippen molar-refractivity contribution < 1.29 is 14.3 Å². The minimum absolute atomic E-state index is 0.0327. The Morgan fingerprint density at radius 3 is 2.63 bits per heavy atom. The Bertz CT molecular complexity index is 819. The third-order valence-corrected chi connectivity index (χ3v) is 4.13. The van der Waals surface area contributed by atoms with Crippen LogP contribution in [0.4, 0.5) is 5.69 Å². The first-order chi connectivity index (χ1) is 13.1. The van der Waals surface area contributed by atoms with E-state index in [4.69, 9.17) is 4.74 Å². The summed E-state index contributed by atoms with van der Waals surface area (Å²) in [5, 5.41) is 8.51. The Balaban J connectivity index is 1.57. The van der Waals surface area contributed by atoms with Gasteiger partial charge in [0.1, 0.15) is 11.8 Å². The van der Waals surface area contributed by atoms with E-state index in [2.05, 4.69) is 20.9 Å². The van der Waals surface area contributed by atoms with Crippen molar-refractivity contribution in [3.8, 4) is 5.75 Å². The number of aliphatic imine (C=N–C) groups is 1. The van der Waals surface area contributed by atoms with Crippen LogP contribution in [-0.4, -0.2) is 37.5 Å². The van der Waals surface area contributed by atoms with Crippen molar-refractivity contribution in [3.63, 3.8) is 0 Å². The minimum Gasteiger partial charge on any atom is -0.497 e. The molecule has 2 aromatic rings. The summed E-state index contributed by atoms with van der Waals surface area (Å²) in [6.07, 6.45) is 0.761. The second-order valence-corrected chi connectivity index (χ2v) is 6.13. The molecule has 140 valence electrons. The number of nitrogens with one attached hydrogen (secondary N) is 3. The summed E-state index contributed by atoms with van der Waals surface area (Å²) in [6.45, 7) is 0.498. The first-order valence-electron chi connectivity index (χ1n) is 8.74. The number of hydrogen-bond acceptors (Lipinski definition) is 5. The van der Waals surface area contributed by atoms with E-state index in [0.717, 1.165) is 23.4 Å². The van der Waals surface area contributed by atoms with E-state index in [1.807, 2.05) is 30.3 Å². The third-order valence-electron chi connectivity index (χ3n) is 4.13. The van der Waals surface area contributed by atoms with E-state index in [1.165, 1.54) is 0 Å². The zero-order chi connectivity index (χ0) is 19.1. The van der Waals surface area contributed by atoms with Crippen LogP contribution in [-0.2, 0) is 16.0 Å². The van der Waals surface area contributed by atoms with Crippen LogP contribution in [0.5, 0.6) is 5.75 Å². The monoisotopic (exact) mass is 366 g/mol. The van der Waals surface area contributed by atoms with Crippen molar-refractivity contribution in [2.75, 3.05) is 19.0 Å². The molecule has 0 spiro atoms. The number of amides is 2. The molecule has 0 fully saturated rings. The van der Waals surface area contributed by atoms with Gasteiger partial charge in [-0.05, 0) is 36.2 Å². The van der Waals surface area contributed by atoms with Gasteiger partial charge in [-0.3, -0.25) is 14.9 Å². The van der Waals surface area contributed by atoms with E-state index < -0.39 is 6.04 Å². The van der Waals surface area contributed by atoms with Crippen LogP contribution in [0.25, 0.3) is 0 Å². The Morgan fingerprint density at radius 2 is 1.93 bits per heavy atom. The predicted octanol–water partition coefficient (Wildman–Crippen LogP) is 1.71. The first kappa shape index (κ1) is 18.4. The molecule has 0 unspecified atom stereocenters. The zero-order valence-electron chi connectivity index (χ0n) is 15.1. The van der Waals surface area contributed by atoms with Gasteiger partial charge in [-0.2, -0.15) is 0 Å². The molecule has 0 radical (unpaired) electrons. The predicted molar refractivity (Wildman–Crippen MR) is 104 cm³/mol. The van der Waals surface area contributed by atoms with Gasteiger partial charge >= 0.3 is 0 Å². The molecule has 3 rings (SSSR count). The van der Waals surface area contributed by atoms with Crippen molar-refractivity contribution >= 4 is 23.5 Å². The summed E-state index contributed by atoms with van der Waals surface area (Å²) < 4.78 is 5.11. The van der Waals surface area contributed by atoms with E-state index in [-0.39, 0.29) is 24.2 Å². The summed E-state index contributed by atoms with van der Waals surface area (Å²) in [5.41, 5.74) is 1.88. The van der Waals surface area contributed by atoms with Crippen molar-refractivity contribution in [3.05, 3.63) is 60.2 Å². The van der Waals surface area contributed by atoms with E-state index in [9.17, 15) is 9.59 Å². The lowest BCUT2D eigenvalue weighted by Gasteiger charge is -2.21. The number of anilines is 1. The molecular formula is C20H22N4O3. The molecule has 0 bridgehead atoms. The van der Waals surface area contributed by atoms with Gasteiger partial charge in [0.05, 0.1) is 13.5 Å². The van der Waals surface area contributed by atoms with E-state index in [0.29, 0.717) is 6.54 Å². The molecule has 7 heteroatoms. The fraction of sp³-hybridized carbons (Fsp3) is 0.250. The number of guanidine groups is 1. The van der Waals surface area contributed by atoms with Crippen LogP contribution >= 0.6 is 0 Å². The molecule has 1 aliphatic rings. The summed E-state index contributed by atoms with van der Waals surface area (Å²) in [7, 11) is 1.59. The molecular weight excluding hydrogens is 344 g/mol. The van der Waals surface area contributed by atoms with Gasteiger partial charge in [0.15, 0.2) is 0 Å². The number of benzene rings is 2. The molecule has 1 atom stereocenters. The van der Waals surface area contributed by atoms with Crippen LogP contribution in [0.2, 0.25) is 0 Å². The molecule has 1 aliphatic heterocycles. The molecule has 7 nitrogen and oxygen atoms in total. The standard InChI is InChI=1S/C20H22N4O3/c1-27-16-9-7-15(8-10-16)22-20-23-17(13-18(25)24-20)19(26)21-12-11-14-5-3-2-4-6-14/h2-10,17H,11-13H2,1H3,(H,21,26)(H2,22,23,24,25)/t17-/m0/s1. The maximum absolute atomic E-state index is 12.4. The van der Waals surface area contributed by atoms with Gasteiger partial charge < -0.3 is 15.4 Å². The normalized spacial score (nSPS) is 16.1. The topological polar surface area (TPSA) is 91.8 Å². The van der Waals surface area contributed by atoms with Gasteiger partial charge in [0, 0.05) is 12.2 Å². The lowest BCUT2D eigenvalue weighted by Crippen LogP contribution is -2.47. The van der Waals surface area contributed by atoms with Crippen LogP contribution in [0.1, 0.15) is 12.0 Å². The minimum atomic E-state index is -0.740. The highest BCUT2D eigenvalue weighted by molar-refractivity contribution is 6.08. The van der Waals surface area contributed by atoms with Crippen molar-refractivity contribution in [1.29, 1.82) is 0 Å². The quantitative estimate of drug-likeness (QED) is 0.726. The number of rotatable bonds is 6. The Morgan fingerprint density at radius 1 is 1.19 bits per heavy atom. The summed E-state index contributed by atoms with van der Waals surface area (Å²) in [5.74, 6) is 0.490. The average Bonchev–Trinajstić information content (AvgIpc) is 2.69. The van der Waals surface area contributed by atoms with Gasteiger partial charge in [-0.25, -0.2) is 4.99 Å². The molecule has 27 heavy (non-hydrogen) atoms. The molecule has 3 N–H and O–H groups in total. The SMILES string of the molecule is COc1ccc(NC2=N[C@H](C(=O)NCCc3ccccc3)CC(=O)N2)cc1. The molecule has 2 amide bonds. The molecule has 2 aromatic carbocycles. The highest BCUT2D eigenvalue weighted by Crippen LogP contribution is 2.15. The molecule has 1 heterocycles. The van der Waals surface area contributed by atoms with Crippen LogP contribution in [0.15, 0.2) is 59.6 Å². The smallest absolute Gasteiger partial charge is 0.245 e. The van der Waals surface area contributed by atoms with Gasteiger partial charge in [0.2, 0.25) is 17.8 Å². The van der Waals surface area contributed by atoms with Crippen LogP contribution in [0, 0.1) is 0 Å². The second-order valence-electron chi connectivity index (χ2n) is 6.13. The maximum Gasteiger partial charge on any atom is 0.245 e. The Labute approximate surface area is 157 Å². The second kappa shape index (κ2) is 8.84. The highest BCUT2D eigenvalue weighted by Gasteiger charge is 2.26. The average molecular weight is 366 g/mol. The fourth-order valence-electron chi connectivity index (χ4n) is 2.71. The molecule has 0 aliphatic carbocycles. The number of hydrogen-bond donors (Lipinski definition) is 3. The third kappa shape index (κ3) is 5.31. The number of carbonyl (C=O) groups excluding carboxylic acids is 2. The Kier molecular flexibility index (Phi) is 6.04. The van der Waals surface area contributed by atoms with Gasteiger partial charge in [-0.15, -0.1) is 0 Å². The number of carbonyl (C=O) groups is 2. The van der Waals surface area contributed by atoms with Crippen molar-refractivity contribution in [2.24, 2.45) is 4.99 Å². The molecule has 0 saturated heterocycles. The van der Waals surface area contributed by atoms with Gasteiger partial charge in [-0.1, -0.05) is 30.3 Å². The summed E-state index contributed by atoms with van der Waals surface area (Å²) in [4.78, 5) is 28.6. The maximum atomic E-state index is 12.4. The van der Waals surface area contributed by atoms with Crippen molar-refractivity contribution in [1.82, 2.24) is 10.6 Å². The fourth-order valence-corrected chi connectivity index (χ4v) is 2.71. The largest absolute Gasteiger partial charge is 0.497 e. The zero-order valence-corrected chi connectivity index (χ0v) is 15.1.